The monoisotopic (exact) mass is 276 g/mol. The van der Waals surface area contributed by atoms with Crippen LogP contribution in [0.5, 0.6) is 0 Å². The van der Waals surface area contributed by atoms with Crippen LogP contribution in [0.2, 0.25) is 0 Å². The van der Waals surface area contributed by atoms with Crippen molar-refractivity contribution >= 4 is 5.91 Å². The van der Waals surface area contributed by atoms with Crippen molar-refractivity contribution in [1.82, 2.24) is 5.32 Å². The Hall–Kier alpha value is -1.35. The van der Waals surface area contributed by atoms with Gasteiger partial charge < -0.3 is 11.1 Å². The Labute approximate surface area is 122 Å². The molecule has 20 heavy (non-hydrogen) atoms. The van der Waals surface area contributed by atoms with Gasteiger partial charge in [-0.15, -0.1) is 0 Å². The minimum atomic E-state index is -0.441. The highest BCUT2D eigenvalue weighted by atomic mass is 16.2. The van der Waals surface area contributed by atoms with Crippen molar-refractivity contribution < 1.29 is 4.79 Å². The highest BCUT2D eigenvalue weighted by molar-refractivity contribution is 5.82. The lowest BCUT2D eigenvalue weighted by atomic mass is 9.82. The number of nitrogens with one attached hydrogen (secondary N) is 1. The van der Waals surface area contributed by atoms with Crippen LogP contribution in [-0.2, 0) is 4.79 Å². The molecule has 0 aliphatic carbocycles. The normalized spacial score (nSPS) is 14.9. The second-order valence-corrected chi connectivity index (χ2v) is 6.95. The number of rotatable bonds is 5. The molecule has 2 unspecified atom stereocenters. The van der Waals surface area contributed by atoms with Gasteiger partial charge in [0.05, 0.1) is 12.1 Å². The van der Waals surface area contributed by atoms with Crippen molar-refractivity contribution in [1.29, 1.82) is 0 Å². The van der Waals surface area contributed by atoms with E-state index in [1.165, 1.54) is 0 Å². The molecule has 3 nitrogen and oxygen atoms in total. The van der Waals surface area contributed by atoms with Gasteiger partial charge >= 0.3 is 0 Å². The molecule has 0 radical (unpaired) electrons. The van der Waals surface area contributed by atoms with Crippen LogP contribution in [0.1, 0.15) is 52.6 Å². The van der Waals surface area contributed by atoms with E-state index in [-0.39, 0.29) is 17.4 Å². The second-order valence-electron chi connectivity index (χ2n) is 6.95. The number of amides is 1. The average Bonchev–Trinajstić information content (AvgIpc) is 2.34. The molecule has 0 fully saturated rings. The quantitative estimate of drug-likeness (QED) is 0.867. The van der Waals surface area contributed by atoms with Gasteiger partial charge in [-0.05, 0) is 23.3 Å². The number of hydrogen-bond donors (Lipinski definition) is 2. The molecular formula is C17H28N2O. The standard InChI is InChI=1S/C17H28N2O/c1-12(2)11-14(18)16(20)19-15(17(3,4)5)13-9-7-6-8-10-13/h6-10,12,14-15H,11,18H2,1-5H3,(H,19,20). The van der Waals surface area contributed by atoms with Crippen molar-refractivity contribution in [2.45, 2.75) is 53.1 Å². The topological polar surface area (TPSA) is 55.1 Å². The van der Waals surface area contributed by atoms with Gasteiger partial charge in [-0.2, -0.15) is 0 Å². The molecule has 3 N–H and O–H groups in total. The molecule has 1 amide bonds. The van der Waals surface area contributed by atoms with Crippen LogP contribution < -0.4 is 11.1 Å². The summed E-state index contributed by atoms with van der Waals surface area (Å²) in [6, 6.07) is 9.59. The van der Waals surface area contributed by atoms with Gasteiger partial charge in [-0.3, -0.25) is 4.79 Å². The van der Waals surface area contributed by atoms with E-state index in [0.717, 1.165) is 5.56 Å². The third-order valence-electron chi connectivity index (χ3n) is 3.35. The molecule has 3 heteroatoms. The maximum absolute atomic E-state index is 12.3. The lowest BCUT2D eigenvalue weighted by Crippen LogP contribution is -2.46. The van der Waals surface area contributed by atoms with Crippen LogP contribution in [0.3, 0.4) is 0 Å². The molecular weight excluding hydrogens is 248 g/mol. The molecule has 1 aromatic rings. The fourth-order valence-corrected chi connectivity index (χ4v) is 2.31. The van der Waals surface area contributed by atoms with E-state index in [0.29, 0.717) is 12.3 Å². The van der Waals surface area contributed by atoms with Crippen molar-refractivity contribution in [2.75, 3.05) is 0 Å². The van der Waals surface area contributed by atoms with Gasteiger partial charge in [0, 0.05) is 0 Å². The Kier molecular flexibility index (Phi) is 5.75. The zero-order chi connectivity index (χ0) is 15.3. The molecule has 0 aromatic heterocycles. The second kappa shape index (κ2) is 6.89. The lowest BCUT2D eigenvalue weighted by Gasteiger charge is -2.33. The molecule has 0 bridgehead atoms. The zero-order valence-electron chi connectivity index (χ0n) is 13.3. The Balaban J connectivity index is 2.85. The first kappa shape index (κ1) is 16.7. The van der Waals surface area contributed by atoms with Crippen LogP contribution in [0, 0.1) is 11.3 Å². The highest BCUT2D eigenvalue weighted by Gasteiger charge is 2.29. The molecule has 0 heterocycles. The van der Waals surface area contributed by atoms with E-state index < -0.39 is 6.04 Å². The first-order chi connectivity index (χ1) is 9.21. The van der Waals surface area contributed by atoms with E-state index in [1.807, 2.05) is 30.3 Å². The fraction of sp³-hybridized carbons (Fsp3) is 0.588. The molecule has 0 aliphatic heterocycles. The van der Waals surface area contributed by atoms with E-state index in [2.05, 4.69) is 39.9 Å². The average molecular weight is 276 g/mol. The molecule has 0 saturated carbocycles. The van der Waals surface area contributed by atoms with E-state index >= 15 is 0 Å². The Morgan fingerprint density at radius 3 is 2.20 bits per heavy atom. The van der Waals surface area contributed by atoms with Gasteiger partial charge in [-0.1, -0.05) is 65.0 Å². The number of nitrogens with two attached hydrogens (primary N) is 1. The number of hydrogen-bond acceptors (Lipinski definition) is 2. The van der Waals surface area contributed by atoms with E-state index in [9.17, 15) is 4.79 Å². The summed E-state index contributed by atoms with van der Waals surface area (Å²) in [5, 5.41) is 3.11. The zero-order valence-corrected chi connectivity index (χ0v) is 13.3. The van der Waals surface area contributed by atoms with Gasteiger partial charge in [0.1, 0.15) is 0 Å². The predicted molar refractivity (Wildman–Crippen MR) is 84.2 cm³/mol. The van der Waals surface area contributed by atoms with Gasteiger partial charge in [-0.25, -0.2) is 0 Å². The van der Waals surface area contributed by atoms with E-state index in [1.54, 1.807) is 0 Å². The SMILES string of the molecule is CC(C)CC(N)C(=O)NC(c1ccccc1)C(C)(C)C. The van der Waals surface area contributed by atoms with Gasteiger partial charge in [0.25, 0.3) is 0 Å². The summed E-state index contributed by atoms with van der Waals surface area (Å²) in [7, 11) is 0. The third-order valence-corrected chi connectivity index (χ3v) is 3.35. The minimum absolute atomic E-state index is 0.0330. The van der Waals surface area contributed by atoms with Gasteiger partial charge in [0.15, 0.2) is 0 Å². The van der Waals surface area contributed by atoms with Crippen LogP contribution in [0.4, 0.5) is 0 Å². The maximum atomic E-state index is 12.3. The maximum Gasteiger partial charge on any atom is 0.237 e. The van der Waals surface area contributed by atoms with Gasteiger partial charge in [0.2, 0.25) is 5.91 Å². The first-order valence-corrected chi connectivity index (χ1v) is 7.32. The smallest absolute Gasteiger partial charge is 0.237 e. The van der Waals surface area contributed by atoms with Crippen molar-refractivity contribution in [3.8, 4) is 0 Å². The fourth-order valence-electron chi connectivity index (χ4n) is 2.31. The molecule has 0 saturated heterocycles. The van der Waals surface area contributed by atoms with Crippen molar-refractivity contribution in [3.05, 3.63) is 35.9 Å². The number of carbonyl (C=O) groups is 1. The molecule has 2 atom stereocenters. The summed E-state index contributed by atoms with van der Waals surface area (Å²) < 4.78 is 0. The lowest BCUT2D eigenvalue weighted by molar-refractivity contribution is -0.124. The molecule has 1 rings (SSSR count). The highest BCUT2D eigenvalue weighted by Crippen LogP contribution is 2.32. The Morgan fingerprint density at radius 2 is 1.75 bits per heavy atom. The largest absolute Gasteiger partial charge is 0.347 e. The van der Waals surface area contributed by atoms with Crippen LogP contribution in [-0.4, -0.2) is 11.9 Å². The number of benzene rings is 1. The first-order valence-electron chi connectivity index (χ1n) is 7.32. The van der Waals surface area contributed by atoms with Crippen LogP contribution in [0.25, 0.3) is 0 Å². The predicted octanol–water partition coefficient (Wildman–Crippen LogP) is 3.26. The summed E-state index contributed by atoms with van der Waals surface area (Å²) in [6.07, 6.45) is 0.706. The summed E-state index contributed by atoms with van der Waals surface area (Å²) >= 11 is 0. The van der Waals surface area contributed by atoms with E-state index in [4.69, 9.17) is 5.73 Å². The Morgan fingerprint density at radius 1 is 1.20 bits per heavy atom. The summed E-state index contributed by atoms with van der Waals surface area (Å²) in [4.78, 5) is 12.3. The summed E-state index contributed by atoms with van der Waals surface area (Å²) in [5.74, 6) is 0.350. The number of carbonyl (C=O) groups excluding carboxylic acids is 1. The molecule has 0 spiro atoms. The molecule has 1 aromatic carbocycles. The third kappa shape index (κ3) is 4.97. The minimum Gasteiger partial charge on any atom is -0.347 e. The van der Waals surface area contributed by atoms with Crippen LogP contribution in [0.15, 0.2) is 30.3 Å². The summed E-state index contributed by atoms with van der Waals surface area (Å²) in [5.41, 5.74) is 7.03. The molecule has 0 aliphatic rings. The van der Waals surface area contributed by atoms with Crippen LogP contribution >= 0.6 is 0 Å². The Bertz CT molecular complexity index is 420. The van der Waals surface area contributed by atoms with Crippen molar-refractivity contribution in [3.63, 3.8) is 0 Å². The van der Waals surface area contributed by atoms with Crippen molar-refractivity contribution in [2.24, 2.45) is 17.1 Å². The summed E-state index contributed by atoms with van der Waals surface area (Å²) in [6.45, 7) is 10.5. The molecule has 112 valence electrons.